The monoisotopic (exact) mass is 333 g/mol. The highest BCUT2D eigenvalue weighted by Gasteiger charge is 2.25. The smallest absolute Gasteiger partial charge is 0.276 e. The van der Waals surface area contributed by atoms with Crippen LogP contribution in [0.3, 0.4) is 0 Å². The van der Waals surface area contributed by atoms with Crippen LogP contribution in [0.4, 0.5) is 5.69 Å². The van der Waals surface area contributed by atoms with E-state index in [1.165, 1.54) is 5.56 Å². The lowest BCUT2D eigenvalue weighted by atomic mass is 10.1. The van der Waals surface area contributed by atoms with Crippen LogP contribution in [0.25, 0.3) is 0 Å². The van der Waals surface area contributed by atoms with Gasteiger partial charge in [-0.1, -0.05) is 30.3 Å². The lowest BCUT2D eigenvalue weighted by Crippen LogP contribution is -2.26. The van der Waals surface area contributed by atoms with Crippen LogP contribution in [-0.4, -0.2) is 27.2 Å². The lowest BCUT2D eigenvalue weighted by molar-refractivity contribution is 0.102. The third-order valence-corrected chi connectivity index (χ3v) is 4.32. The molecule has 2 N–H and O–H groups in total. The van der Waals surface area contributed by atoms with Crippen molar-refractivity contribution in [2.45, 2.75) is 19.5 Å². The number of hydrogen-bond acceptors (Lipinski definition) is 4. The second kappa shape index (κ2) is 6.86. The Morgan fingerprint density at radius 3 is 2.88 bits per heavy atom. The molecule has 4 rings (SSSR count). The molecule has 1 aliphatic heterocycles. The quantitative estimate of drug-likeness (QED) is 0.768. The van der Waals surface area contributed by atoms with E-state index in [4.69, 9.17) is 0 Å². The molecule has 126 valence electrons. The number of nitrogens with zero attached hydrogens (tertiary/aromatic N) is 3. The van der Waals surface area contributed by atoms with Crippen molar-refractivity contribution in [2.75, 3.05) is 11.9 Å². The summed E-state index contributed by atoms with van der Waals surface area (Å²) in [5.41, 5.74) is 4.46. The second-order valence-electron chi connectivity index (χ2n) is 6.04. The molecule has 6 heteroatoms. The normalized spacial score (nSPS) is 13.3. The molecule has 0 saturated carbocycles. The Kier molecular flexibility index (Phi) is 4.26. The van der Waals surface area contributed by atoms with Gasteiger partial charge in [-0.3, -0.25) is 14.5 Å². The summed E-state index contributed by atoms with van der Waals surface area (Å²) in [6, 6.07) is 13.8. The van der Waals surface area contributed by atoms with Crippen LogP contribution in [0.1, 0.15) is 27.3 Å². The number of aromatic nitrogens is 3. The third kappa shape index (κ3) is 3.29. The Bertz CT molecular complexity index is 874. The number of hydrogen-bond donors (Lipinski definition) is 2. The maximum atomic E-state index is 12.7. The van der Waals surface area contributed by atoms with Gasteiger partial charge in [0.1, 0.15) is 0 Å². The third-order valence-electron chi connectivity index (χ3n) is 4.32. The molecule has 0 spiro atoms. The molecule has 3 heterocycles. The van der Waals surface area contributed by atoms with Gasteiger partial charge in [0.25, 0.3) is 5.91 Å². The molecule has 0 radical (unpaired) electrons. The van der Waals surface area contributed by atoms with Gasteiger partial charge >= 0.3 is 0 Å². The van der Waals surface area contributed by atoms with E-state index in [1.54, 1.807) is 18.5 Å². The Labute approximate surface area is 145 Å². The number of benzene rings is 1. The molecule has 0 fully saturated rings. The standard InChI is InChI=1S/C19H19N5O/c25-19(22-15-7-4-9-20-11-15)18-16-12-21-10-8-17(16)24(23-18)13-14-5-2-1-3-6-14/h1-7,9,11,21H,8,10,12-13H2,(H,22,25). The van der Waals surface area contributed by atoms with Crippen LogP contribution in [-0.2, 0) is 19.5 Å². The molecule has 0 atom stereocenters. The maximum Gasteiger partial charge on any atom is 0.276 e. The van der Waals surface area contributed by atoms with E-state index >= 15 is 0 Å². The van der Waals surface area contributed by atoms with Gasteiger partial charge in [-0.25, -0.2) is 0 Å². The van der Waals surface area contributed by atoms with Crippen LogP contribution in [0.15, 0.2) is 54.9 Å². The van der Waals surface area contributed by atoms with Gasteiger partial charge in [0.15, 0.2) is 5.69 Å². The first-order valence-electron chi connectivity index (χ1n) is 8.36. The van der Waals surface area contributed by atoms with Gasteiger partial charge in [0.2, 0.25) is 0 Å². The van der Waals surface area contributed by atoms with Gasteiger partial charge < -0.3 is 10.6 Å². The number of carbonyl (C=O) groups is 1. The SMILES string of the molecule is O=C(Nc1cccnc1)c1nn(Cc2ccccc2)c2c1CNCC2. The zero-order valence-electron chi connectivity index (χ0n) is 13.8. The molecule has 25 heavy (non-hydrogen) atoms. The molecule has 0 aliphatic carbocycles. The number of nitrogens with one attached hydrogen (secondary N) is 2. The van der Waals surface area contributed by atoms with E-state index in [-0.39, 0.29) is 5.91 Å². The zero-order valence-corrected chi connectivity index (χ0v) is 13.8. The summed E-state index contributed by atoms with van der Waals surface area (Å²) in [5, 5.41) is 10.8. The van der Waals surface area contributed by atoms with E-state index < -0.39 is 0 Å². The first-order chi connectivity index (χ1) is 12.3. The Morgan fingerprint density at radius 2 is 2.08 bits per heavy atom. The Balaban J connectivity index is 1.65. The predicted molar refractivity (Wildman–Crippen MR) is 95.4 cm³/mol. The van der Waals surface area contributed by atoms with Gasteiger partial charge in [-0.05, 0) is 17.7 Å². The largest absolute Gasteiger partial charge is 0.319 e. The van der Waals surface area contributed by atoms with Crippen LogP contribution >= 0.6 is 0 Å². The minimum Gasteiger partial charge on any atom is -0.319 e. The molecule has 1 amide bonds. The highest BCUT2D eigenvalue weighted by atomic mass is 16.2. The summed E-state index contributed by atoms with van der Waals surface area (Å²) in [5.74, 6) is -0.195. The lowest BCUT2D eigenvalue weighted by Gasteiger charge is -2.15. The van der Waals surface area contributed by atoms with Crippen molar-refractivity contribution in [1.82, 2.24) is 20.1 Å². The molecule has 1 aromatic carbocycles. The van der Waals surface area contributed by atoms with Crippen molar-refractivity contribution >= 4 is 11.6 Å². The van der Waals surface area contributed by atoms with Crippen LogP contribution < -0.4 is 10.6 Å². The molecule has 3 aromatic rings. The summed E-state index contributed by atoms with van der Waals surface area (Å²) >= 11 is 0. The number of rotatable bonds is 4. The first-order valence-corrected chi connectivity index (χ1v) is 8.36. The number of amides is 1. The molecular weight excluding hydrogens is 314 g/mol. The van der Waals surface area contributed by atoms with Gasteiger partial charge in [-0.15, -0.1) is 0 Å². The maximum absolute atomic E-state index is 12.7. The van der Waals surface area contributed by atoms with Crippen molar-refractivity contribution in [3.63, 3.8) is 0 Å². The topological polar surface area (TPSA) is 71.8 Å². The highest BCUT2D eigenvalue weighted by Crippen LogP contribution is 2.21. The van der Waals surface area contributed by atoms with Gasteiger partial charge in [0.05, 0.1) is 18.4 Å². The molecule has 0 unspecified atom stereocenters. The van der Waals surface area contributed by atoms with E-state index in [0.717, 1.165) is 24.2 Å². The van der Waals surface area contributed by atoms with E-state index in [9.17, 15) is 4.79 Å². The summed E-state index contributed by atoms with van der Waals surface area (Å²) in [4.78, 5) is 16.7. The fourth-order valence-electron chi connectivity index (χ4n) is 3.12. The molecule has 0 saturated heterocycles. The van der Waals surface area contributed by atoms with Crippen LogP contribution in [0.2, 0.25) is 0 Å². The average Bonchev–Trinajstić information content (AvgIpc) is 3.02. The number of fused-ring (bicyclic) bond motifs is 1. The van der Waals surface area contributed by atoms with Crippen molar-refractivity contribution in [2.24, 2.45) is 0 Å². The van der Waals surface area contributed by atoms with Gasteiger partial charge in [-0.2, -0.15) is 5.10 Å². The first kappa shape index (κ1) is 15.5. The van der Waals surface area contributed by atoms with E-state index in [2.05, 4.69) is 32.8 Å². The molecule has 2 aromatic heterocycles. The summed E-state index contributed by atoms with van der Waals surface area (Å²) in [7, 11) is 0. The summed E-state index contributed by atoms with van der Waals surface area (Å²) in [6.45, 7) is 2.24. The summed E-state index contributed by atoms with van der Waals surface area (Å²) < 4.78 is 1.96. The van der Waals surface area contributed by atoms with Crippen LogP contribution in [0, 0.1) is 0 Å². The van der Waals surface area contributed by atoms with Gasteiger partial charge in [0, 0.05) is 37.0 Å². The van der Waals surface area contributed by atoms with E-state index in [0.29, 0.717) is 24.5 Å². The van der Waals surface area contributed by atoms with Crippen molar-refractivity contribution in [3.05, 3.63) is 77.4 Å². The Hall–Kier alpha value is -2.99. The highest BCUT2D eigenvalue weighted by molar-refractivity contribution is 6.04. The number of carbonyl (C=O) groups excluding carboxylic acids is 1. The molecule has 6 nitrogen and oxygen atoms in total. The van der Waals surface area contributed by atoms with Crippen molar-refractivity contribution in [3.8, 4) is 0 Å². The zero-order chi connectivity index (χ0) is 17.1. The molecule has 1 aliphatic rings. The summed E-state index contributed by atoms with van der Waals surface area (Å²) in [6.07, 6.45) is 4.18. The molecular formula is C19H19N5O. The van der Waals surface area contributed by atoms with Crippen molar-refractivity contribution in [1.29, 1.82) is 0 Å². The minimum absolute atomic E-state index is 0.195. The second-order valence-corrected chi connectivity index (χ2v) is 6.04. The fourth-order valence-corrected chi connectivity index (χ4v) is 3.12. The minimum atomic E-state index is -0.195. The predicted octanol–water partition coefficient (Wildman–Crippen LogP) is 2.22. The van der Waals surface area contributed by atoms with E-state index in [1.807, 2.05) is 28.9 Å². The Morgan fingerprint density at radius 1 is 1.20 bits per heavy atom. The average molecular weight is 333 g/mol. The fraction of sp³-hybridized carbons (Fsp3) is 0.211. The number of pyridine rings is 1. The van der Waals surface area contributed by atoms with Crippen LogP contribution in [0.5, 0.6) is 0 Å². The van der Waals surface area contributed by atoms with Crippen molar-refractivity contribution < 1.29 is 4.79 Å². The number of anilines is 1. The molecule has 0 bridgehead atoms.